The number of nitrogens with zero attached hydrogens (tertiary/aromatic N) is 1. The van der Waals surface area contributed by atoms with Gasteiger partial charge in [0.15, 0.2) is 0 Å². The molecule has 2 fully saturated rings. The minimum atomic E-state index is -0.430. The first kappa shape index (κ1) is 30.4. The molecule has 1 saturated heterocycles. The Bertz CT molecular complexity index is 770. The summed E-state index contributed by atoms with van der Waals surface area (Å²) in [5.41, 5.74) is 2.07. The fraction of sp³-hybridized carbons (Fsp3) is 0.767. The van der Waals surface area contributed by atoms with Crippen LogP contribution in [-0.2, 0) is 14.3 Å². The number of carbonyl (C=O) groups is 1. The molecule has 1 aromatic rings. The molecule has 1 aromatic carbocycles. The maximum Gasteiger partial charge on any atom is 0.305 e. The standard InChI is InChI=1S/C30H48ClNO5/c1-2-3-6-10-27(33)23-12-14-24(15-13-23)30-25(26(31)22-28(30)34)9-7-4-5-8-11-29(35)37-21-18-32-16-19-36-20-17-32/h12-15,25-28,30,33-34H,2-11,16-22H2,1H3/t25-,26+,27?,28+,30+/m0/s1. The Morgan fingerprint density at radius 3 is 2.57 bits per heavy atom. The van der Waals surface area contributed by atoms with Gasteiger partial charge < -0.3 is 19.7 Å². The van der Waals surface area contributed by atoms with Crippen molar-refractivity contribution in [3.8, 4) is 0 Å². The number of hydrogen-bond donors (Lipinski definition) is 2. The quantitative estimate of drug-likeness (QED) is 0.163. The Morgan fingerprint density at radius 2 is 1.84 bits per heavy atom. The zero-order chi connectivity index (χ0) is 26.5. The predicted molar refractivity (Wildman–Crippen MR) is 148 cm³/mol. The highest BCUT2D eigenvalue weighted by Gasteiger charge is 2.41. The van der Waals surface area contributed by atoms with Gasteiger partial charge in [-0.25, -0.2) is 0 Å². The van der Waals surface area contributed by atoms with Gasteiger partial charge in [0.05, 0.1) is 25.4 Å². The number of rotatable bonds is 16. The average molecular weight is 538 g/mol. The Labute approximate surface area is 228 Å². The number of halogens is 1. The lowest BCUT2D eigenvalue weighted by atomic mass is 9.83. The van der Waals surface area contributed by atoms with Crippen LogP contribution < -0.4 is 0 Å². The van der Waals surface area contributed by atoms with Gasteiger partial charge in [-0.05, 0) is 42.7 Å². The van der Waals surface area contributed by atoms with Crippen LogP contribution in [-0.4, -0.2) is 72.0 Å². The molecule has 1 aliphatic heterocycles. The number of alkyl halides is 1. The maximum absolute atomic E-state index is 12.0. The number of morpholine rings is 1. The zero-order valence-corrected chi connectivity index (χ0v) is 23.4. The van der Waals surface area contributed by atoms with Crippen molar-refractivity contribution in [3.05, 3.63) is 35.4 Å². The molecule has 0 amide bonds. The van der Waals surface area contributed by atoms with Gasteiger partial charge in [-0.3, -0.25) is 9.69 Å². The number of benzene rings is 1. The molecule has 0 spiro atoms. The Balaban J connectivity index is 1.34. The van der Waals surface area contributed by atoms with Crippen molar-refractivity contribution in [1.82, 2.24) is 4.90 Å². The third-order valence-electron chi connectivity index (χ3n) is 8.04. The molecule has 0 radical (unpaired) electrons. The molecule has 2 aliphatic rings. The van der Waals surface area contributed by atoms with E-state index >= 15 is 0 Å². The van der Waals surface area contributed by atoms with Crippen LogP contribution in [0.25, 0.3) is 0 Å². The summed E-state index contributed by atoms with van der Waals surface area (Å²) in [6, 6.07) is 8.16. The van der Waals surface area contributed by atoms with Gasteiger partial charge in [-0.15, -0.1) is 11.6 Å². The lowest BCUT2D eigenvalue weighted by Gasteiger charge is -2.26. The molecule has 210 valence electrons. The Hall–Kier alpha value is -1.18. The molecule has 1 unspecified atom stereocenters. The first-order valence-corrected chi connectivity index (χ1v) is 15.0. The number of aliphatic hydroxyl groups is 2. The van der Waals surface area contributed by atoms with Gasteiger partial charge in [0, 0.05) is 37.4 Å². The molecular formula is C30H48ClNO5. The van der Waals surface area contributed by atoms with E-state index in [2.05, 4.69) is 24.0 Å². The highest BCUT2D eigenvalue weighted by molar-refractivity contribution is 6.21. The van der Waals surface area contributed by atoms with Crippen molar-refractivity contribution in [2.75, 3.05) is 39.5 Å². The van der Waals surface area contributed by atoms with E-state index in [1.807, 2.05) is 12.1 Å². The molecule has 1 saturated carbocycles. The highest BCUT2D eigenvalue weighted by Crippen LogP contribution is 2.45. The number of aliphatic hydroxyl groups excluding tert-OH is 2. The van der Waals surface area contributed by atoms with Crippen LogP contribution in [0, 0.1) is 5.92 Å². The molecule has 3 rings (SSSR count). The third-order valence-corrected chi connectivity index (χ3v) is 8.54. The molecule has 6 nitrogen and oxygen atoms in total. The third kappa shape index (κ3) is 10.1. The van der Waals surface area contributed by atoms with E-state index in [1.165, 1.54) is 0 Å². The fourth-order valence-corrected chi connectivity index (χ4v) is 6.24. The van der Waals surface area contributed by atoms with E-state index < -0.39 is 12.2 Å². The van der Waals surface area contributed by atoms with E-state index in [1.54, 1.807) is 0 Å². The predicted octanol–water partition coefficient (Wildman–Crippen LogP) is 5.59. The van der Waals surface area contributed by atoms with Gasteiger partial charge in [-0.2, -0.15) is 0 Å². The number of carbonyl (C=O) groups excluding carboxylic acids is 1. The van der Waals surface area contributed by atoms with E-state index in [0.717, 1.165) is 102 Å². The lowest BCUT2D eigenvalue weighted by molar-refractivity contribution is -0.144. The second-order valence-corrected chi connectivity index (χ2v) is 11.4. The van der Waals surface area contributed by atoms with Crippen molar-refractivity contribution in [2.24, 2.45) is 5.92 Å². The Kier molecular flexibility index (Phi) is 13.7. The zero-order valence-electron chi connectivity index (χ0n) is 22.7. The summed E-state index contributed by atoms with van der Waals surface area (Å²) in [5, 5.41) is 21.2. The normalized spacial score (nSPS) is 25.3. The summed E-state index contributed by atoms with van der Waals surface area (Å²) in [4.78, 5) is 14.3. The number of hydrogen-bond acceptors (Lipinski definition) is 6. The van der Waals surface area contributed by atoms with Crippen LogP contribution >= 0.6 is 11.6 Å². The topological polar surface area (TPSA) is 79.2 Å². The van der Waals surface area contributed by atoms with Gasteiger partial charge in [0.25, 0.3) is 0 Å². The molecule has 5 atom stereocenters. The minimum absolute atomic E-state index is 0.0271. The van der Waals surface area contributed by atoms with Crippen molar-refractivity contribution in [3.63, 3.8) is 0 Å². The summed E-state index contributed by atoms with van der Waals surface area (Å²) in [6.07, 6.45) is 9.26. The van der Waals surface area contributed by atoms with Crippen molar-refractivity contribution in [1.29, 1.82) is 0 Å². The van der Waals surface area contributed by atoms with Crippen LogP contribution in [0.4, 0.5) is 0 Å². The van der Waals surface area contributed by atoms with Crippen molar-refractivity contribution in [2.45, 2.75) is 101 Å². The smallest absolute Gasteiger partial charge is 0.305 e. The summed E-state index contributed by atoms with van der Waals surface area (Å²) >= 11 is 6.69. The van der Waals surface area contributed by atoms with Crippen LogP contribution in [0.1, 0.15) is 101 Å². The highest BCUT2D eigenvalue weighted by atomic mass is 35.5. The second-order valence-electron chi connectivity index (χ2n) is 10.8. The summed E-state index contributed by atoms with van der Waals surface area (Å²) in [6.45, 7) is 6.75. The first-order valence-electron chi connectivity index (χ1n) is 14.5. The lowest BCUT2D eigenvalue weighted by Crippen LogP contribution is -2.38. The molecule has 7 heteroatoms. The summed E-state index contributed by atoms with van der Waals surface area (Å²) < 4.78 is 10.7. The second kappa shape index (κ2) is 16.7. The van der Waals surface area contributed by atoms with Crippen LogP contribution in [0.15, 0.2) is 24.3 Å². The molecule has 1 heterocycles. The van der Waals surface area contributed by atoms with E-state index in [9.17, 15) is 15.0 Å². The summed E-state index contributed by atoms with van der Waals surface area (Å²) in [5.74, 6) is 0.171. The number of ether oxygens (including phenoxy) is 2. The van der Waals surface area contributed by atoms with E-state index in [4.69, 9.17) is 21.1 Å². The number of unbranched alkanes of at least 4 members (excludes halogenated alkanes) is 5. The summed E-state index contributed by atoms with van der Waals surface area (Å²) in [7, 11) is 0. The molecule has 2 N–H and O–H groups in total. The van der Waals surface area contributed by atoms with Gasteiger partial charge in [-0.1, -0.05) is 69.7 Å². The van der Waals surface area contributed by atoms with Crippen LogP contribution in [0.3, 0.4) is 0 Å². The minimum Gasteiger partial charge on any atom is -0.464 e. The van der Waals surface area contributed by atoms with Crippen LogP contribution in [0.2, 0.25) is 0 Å². The fourth-order valence-electron chi connectivity index (χ4n) is 5.78. The molecule has 37 heavy (non-hydrogen) atoms. The van der Waals surface area contributed by atoms with Crippen molar-refractivity contribution >= 4 is 17.6 Å². The maximum atomic E-state index is 12.0. The SMILES string of the molecule is CCCCCC(O)c1ccc([C@@H]2[C@@H](CCCCCCC(=O)OCCN3CCOCC3)[C@H](Cl)C[C@H]2O)cc1. The molecular weight excluding hydrogens is 490 g/mol. The van der Waals surface area contributed by atoms with E-state index in [-0.39, 0.29) is 23.2 Å². The monoisotopic (exact) mass is 537 g/mol. The van der Waals surface area contributed by atoms with Gasteiger partial charge in [0.1, 0.15) is 6.61 Å². The Morgan fingerprint density at radius 1 is 1.11 bits per heavy atom. The first-order chi connectivity index (χ1) is 18.0. The molecule has 0 aromatic heterocycles. The van der Waals surface area contributed by atoms with E-state index in [0.29, 0.717) is 19.4 Å². The molecule has 1 aliphatic carbocycles. The largest absolute Gasteiger partial charge is 0.464 e. The van der Waals surface area contributed by atoms with Gasteiger partial charge >= 0.3 is 5.97 Å². The van der Waals surface area contributed by atoms with Crippen molar-refractivity contribution < 1.29 is 24.5 Å². The average Bonchev–Trinajstić information content (AvgIpc) is 3.19. The van der Waals surface area contributed by atoms with Gasteiger partial charge in [0.2, 0.25) is 0 Å². The van der Waals surface area contributed by atoms with Crippen LogP contribution in [0.5, 0.6) is 0 Å². The number of esters is 1. The molecule has 0 bridgehead atoms.